The van der Waals surface area contributed by atoms with Crippen LogP contribution in [-0.2, 0) is 0 Å². The minimum absolute atomic E-state index is 0.581. The Balaban J connectivity index is 0.000000149. The first-order valence-electron chi connectivity index (χ1n) is 34.8. The Hall–Kier alpha value is -14.1. The van der Waals surface area contributed by atoms with Crippen molar-refractivity contribution in [1.82, 2.24) is 29.9 Å². The van der Waals surface area contributed by atoms with Gasteiger partial charge in [-0.2, -0.15) is 0 Å². The second kappa shape index (κ2) is 27.6. The molecule has 0 aliphatic carbocycles. The van der Waals surface area contributed by atoms with Crippen molar-refractivity contribution in [2.45, 2.75) is 0 Å². The first-order chi connectivity index (χ1) is 51.6. The highest BCUT2D eigenvalue weighted by Gasteiger charge is 2.26. The summed E-state index contributed by atoms with van der Waals surface area (Å²) in [6, 6.07) is 129. The number of rotatable bonds is 13. The molecule has 4 heterocycles. The summed E-state index contributed by atoms with van der Waals surface area (Å²) in [5, 5.41) is 3.93. The quantitative estimate of drug-likeness (QED) is 0.112. The van der Waals surface area contributed by atoms with Crippen LogP contribution in [0.4, 0.5) is 0 Å². The molecule has 0 fully saturated rings. The van der Waals surface area contributed by atoms with Crippen LogP contribution in [0.3, 0.4) is 0 Å². The highest BCUT2D eigenvalue weighted by atomic mass is 16.3. The van der Waals surface area contributed by atoms with Crippen LogP contribution in [0, 0.1) is 0 Å². The van der Waals surface area contributed by atoms with Gasteiger partial charge >= 0.3 is 0 Å². The van der Waals surface area contributed by atoms with Gasteiger partial charge in [-0.3, -0.25) is 0 Å². The minimum Gasteiger partial charge on any atom is -0.455 e. The van der Waals surface area contributed by atoms with Crippen molar-refractivity contribution >= 4 is 43.9 Å². The summed E-state index contributed by atoms with van der Waals surface area (Å²) >= 11 is 0. The summed E-state index contributed by atoms with van der Waals surface area (Å²) in [5.41, 5.74) is 23.8. The van der Waals surface area contributed by atoms with Crippen molar-refractivity contribution in [3.63, 3.8) is 0 Å². The van der Waals surface area contributed by atoms with Crippen LogP contribution < -0.4 is 0 Å². The molecule has 488 valence electrons. The fourth-order valence-electron chi connectivity index (χ4n) is 14.0. The number of hydrogen-bond acceptors (Lipinski definition) is 8. The molecule has 4 aromatic heterocycles. The summed E-state index contributed by atoms with van der Waals surface area (Å²) in [6.07, 6.45) is 0. The van der Waals surface area contributed by atoms with Gasteiger partial charge in [0.15, 0.2) is 34.9 Å². The third-order valence-electron chi connectivity index (χ3n) is 19.1. The summed E-state index contributed by atoms with van der Waals surface area (Å²) in [4.78, 5) is 30.6. The van der Waals surface area contributed by atoms with E-state index in [0.717, 1.165) is 150 Å². The van der Waals surface area contributed by atoms with Gasteiger partial charge in [0, 0.05) is 77.2 Å². The molecule has 0 amide bonds. The normalized spacial score (nSPS) is 11.3. The van der Waals surface area contributed by atoms with Crippen LogP contribution in [0.25, 0.3) is 190 Å². The summed E-state index contributed by atoms with van der Waals surface area (Å²) in [7, 11) is 0. The Morgan fingerprint density at radius 1 is 0.144 bits per heavy atom. The van der Waals surface area contributed by atoms with Crippen molar-refractivity contribution in [3.05, 3.63) is 376 Å². The molecular weight excluding hydrogens is 1270 g/mol. The molecule has 19 rings (SSSR count). The molecule has 0 radical (unpaired) electrons. The van der Waals surface area contributed by atoms with E-state index in [-0.39, 0.29) is 0 Å². The Labute approximate surface area is 601 Å². The van der Waals surface area contributed by atoms with E-state index in [2.05, 4.69) is 224 Å². The van der Waals surface area contributed by atoms with Gasteiger partial charge in [-0.25, -0.2) is 29.9 Å². The molecule has 15 aromatic carbocycles. The van der Waals surface area contributed by atoms with Crippen molar-refractivity contribution in [1.29, 1.82) is 0 Å². The van der Waals surface area contributed by atoms with E-state index in [1.54, 1.807) is 0 Å². The second-order valence-electron chi connectivity index (χ2n) is 25.6. The van der Waals surface area contributed by atoms with E-state index in [4.69, 9.17) is 38.7 Å². The molecule has 0 bridgehead atoms. The molecular formula is C96H62N6O2. The van der Waals surface area contributed by atoms with Gasteiger partial charge in [-0.15, -0.1) is 0 Å². The molecule has 0 saturated carbocycles. The summed E-state index contributed by atoms with van der Waals surface area (Å²) < 4.78 is 14.2. The molecule has 0 unspecified atom stereocenters. The van der Waals surface area contributed by atoms with Crippen molar-refractivity contribution < 1.29 is 8.83 Å². The number of furan rings is 2. The number of fused-ring (bicyclic) bond motifs is 6. The van der Waals surface area contributed by atoms with Crippen molar-refractivity contribution in [2.24, 2.45) is 0 Å². The molecule has 19 aromatic rings. The van der Waals surface area contributed by atoms with Crippen molar-refractivity contribution in [3.8, 4) is 146 Å². The topological polar surface area (TPSA) is 104 Å². The lowest BCUT2D eigenvalue weighted by Crippen LogP contribution is -2.00. The van der Waals surface area contributed by atoms with E-state index in [9.17, 15) is 0 Å². The zero-order valence-corrected chi connectivity index (χ0v) is 56.3. The van der Waals surface area contributed by atoms with Gasteiger partial charge in [-0.1, -0.05) is 328 Å². The molecule has 0 aliphatic rings. The van der Waals surface area contributed by atoms with Crippen LogP contribution in [-0.4, -0.2) is 29.9 Å². The van der Waals surface area contributed by atoms with Gasteiger partial charge in [0.1, 0.15) is 22.3 Å². The first kappa shape index (κ1) is 62.2. The molecule has 0 spiro atoms. The van der Waals surface area contributed by atoms with Gasteiger partial charge in [0.25, 0.3) is 0 Å². The average Bonchev–Trinajstić information content (AvgIpc) is 1.60. The van der Waals surface area contributed by atoms with Crippen LogP contribution >= 0.6 is 0 Å². The first-order valence-corrected chi connectivity index (χ1v) is 34.8. The third kappa shape index (κ3) is 12.1. The SMILES string of the molecule is c1ccc(-c2cc(-c3ccccc3)c3oc4c(-c5ccccc5)ccc(-c5nc(-c6ccccc6)nc(-c6ccccc6)n5)c4c3c2)cc1.c1ccc(-c2ccc(-c3ccc(-c4nc(-c5ccccc5)nc(-c5ccccc5)n4)c4c3oc3c(-c5ccccc5)cc(-c5ccccc5)cc34)cc2)cc1. The van der Waals surface area contributed by atoms with Crippen LogP contribution in [0.15, 0.2) is 385 Å². The molecule has 8 heteroatoms. The maximum atomic E-state index is 7.15. The highest BCUT2D eigenvalue weighted by molar-refractivity contribution is 6.21. The maximum absolute atomic E-state index is 7.15. The van der Waals surface area contributed by atoms with E-state index in [1.165, 1.54) is 5.56 Å². The molecule has 0 atom stereocenters. The zero-order chi connectivity index (χ0) is 69.1. The number of hydrogen-bond donors (Lipinski definition) is 0. The monoisotopic (exact) mass is 1330 g/mol. The summed E-state index contributed by atoms with van der Waals surface area (Å²) in [5.74, 6) is 3.63. The largest absolute Gasteiger partial charge is 0.455 e. The number of benzene rings is 15. The average molecular weight is 1330 g/mol. The second-order valence-corrected chi connectivity index (χ2v) is 25.6. The van der Waals surface area contributed by atoms with Gasteiger partial charge in [-0.05, 0) is 104 Å². The maximum Gasteiger partial charge on any atom is 0.164 e. The smallest absolute Gasteiger partial charge is 0.164 e. The predicted octanol–water partition coefficient (Wildman–Crippen LogP) is 25.2. The lowest BCUT2D eigenvalue weighted by Gasteiger charge is -2.11. The van der Waals surface area contributed by atoms with Gasteiger partial charge in [0.05, 0.1) is 0 Å². The predicted molar refractivity (Wildman–Crippen MR) is 425 cm³/mol. The molecule has 104 heavy (non-hydrogen) atoms. The molecule has 8 nitrogen and oxygen atoms in total. The van der Waals surface area contributed by atoms with E-state index < -0.39 is 0 Å². The lowest BCUT2D eigenvalue weighted by atomic mass is 9.93. The van der Waals surface area contributed by atoms with Crippen molar-refractivity contribution in [2.75, 3.05) is 0 Å². The molecule has 0 N–H and O–H groups in total. The van der Waals surface area contributed by atoms with E-state index in [1.807, 2.05) is 152 Å². The van der Waals surface area contributed by atoms with Crippen LogP contribution in [0.2, 0.25) is 0 Å². The standard InChI is InChI=1S/C51H33N3O.C45H29N3O/c1-6-16-34(17-7-1)36-26-28-38(29-27-36)42-30-31-43(51-53-49(39-22-12-4-13-23-39)52-50(54-51)40-24-14-5-15-25-40)46-45-33-41(35-18-8-2-9-19-35)32-44(47(45)55-48(42)46)37-20-10-3-11-21-37;1-6-16-30(17-7-1)35-28-38(32-20-10-3-11-21-32)41-39(29-35)40-37(27-26-36(42(40)49-41)31-18-8-2-9-19-31)45-47-43(33-22-12-4-13-23-33)46-44(48-45)34-24-14-5-15-25-34/h1-33H;1-29H. The van der Waals surface area contributed by atoms with E-state index in [0.29, 0.717) is 34.9 Å². The fraction of sp³-hybridized carbons (Fsp3) is 0. The molecule has 0 saturated heterocycles. The van der Waals surface area contributed by atoms with Crippen LogP contribution in [0.1, 0.15) is 0 Å². The van der Waals surface area contributed by atoms with Gasteiger partial charge < -0.3 is 8.83 Å². The lowest BCUT2D eigenvalue weighted by molar-refractivity contribution is 0.671. The third-order valence-corrected chi connectivity index (χ3v) is 19.1. The van der Waals surface area contributed by atoms with Gasteiger partial charge in [0.2, 0.25) is 0 Å². The van der Waals surface area contributed by atoms with E-state index >= 15 is 0 Å². The Morgan fingerprint density at radius 3 is 0.654 bits per heavy atom. The number of nitrogens with zero attached hydrogens (tertiary/aromatic N) is 6. The number of aromatic nitrogens is 6. The fourth-order valence-corrected chi connectivity index (χ4v) is 14.0. The Kier molecular flexibility index (Phi) is 16.5. The summed E-state index contributed by atoms with van der Waals surface area (Å²) in [6.45, 7) is 0. The Bertz CT molecular complexity index is 6150. The zero-order valence-electron chi connectivity index (χ0n) is 56.3. The minimum atomic E-state index is 0.581. The van der Waals surface area contributed by atoms with Crippen LogP contribution in [0.5, 0.6) is 0 Å². The highest BCUT2D eigenvalue weighted by Crippen LogP contribution is 2.49. The molecule has 0 aliphatic heterocycles. The Morgan fingerprint density at radius 2 is 0.356 bits per heavy atom.